The molecule has 0 bridgehead atoms. The van der Waals surface area contributed by atoms with Crippen LogP contribution in [-0.2, 0) is 11.3 Å². The number of halogens is 1. The molecule has 4 heterocycles. The van der Waals surface area contributed by atoms with Crippen LogP contribution in [0, 0.1) is 13.8 Å². The summed E-state index contributed by atoms with van der Waals surface area (Å²) in [7, 11) is 0. The number of carbonyl (C=O) groups excluding carboxylic acids is 1. The van der Waals surface area contributed by atoms with E-state index in [-0.39, 0.29) is 11.5 Å². The van der Waals surface area contributed by atoms with Crippen LogP contribution >= 0.6 is 22.9 Å². The molecule has 4 aromatic rings. The van der Waals surface area contributed by atoms with Gasteiger partial charge in [-0.3, -0.25) is 14.0 Å². The first-order valence-electron chi connectivity index (χ1n) is 11.2. The fraction of sp³-hybridized carbons (Fsp3) is 0.375. The second-order valence-electron chi connectivity index (χ2n) is 8.51. The van der Waals surface area contributed by atoms with Gasteiger partial charge in [-0.1, -0.05) is 17.7 Å². The summed E-state index contributed by atoms with van der Waals surface area (Å²) in [5.74, 6) is 0.906. The quantitative estimate of drug-likeness (QED) is 0.428. The van der Waals surface area contributed by atoms with Crippen LogP contribution < -0.4 is 10.5 Å². The highest BCUT2D eigenvalue weighted by atomic mass is 35.5. The molecule has 0 aliphatic carbocycles. The zero-order valence-corrected chi connectivity index (χ0v) is 20.3. The second kappa shape index (κ2) is 8.83. The summed E-state index contributed by atoms with van der Waals surface area (Å²) in [4.78, 5) is 29.9. The van der Waals surface area contributed by atoms with Crippen molar-refractivity contribution in [2.75, 3.05) is 31.1 Å². The largest absolute Gasteiger partial charge is 0.368 e. The first-order chi connectivity index (χ1) is 15.9. The molecule has 0 saturated carbocycles. The lowest BCUT2D eigenvalue weighted by Crippen LogP contribution is -2.49. The van der Waals surface area contributed by atoms with Gasteiger partial charge in [-0.15, -0.1) is 11.3 Å². The molecular formula is C24H26ClN5O2S. The molecule has 1 saturated heterocycles. The molecule has 1 aromatic carbocycles. The lowest BCUT2D eigenvalue weighted by Gasteiger charge is -2.37. The van der Waals surface area contributed by atoms with Gasteiger partial charge in [0, 0.05) is 49.9 Å². The summed E-state index contributed by atoms with van der Waals surface area (Å²) in [6, 6.07) is 9.87. The number of rotatable bonds is 5. The average molecular weight is 484 g/mol. The van der Waals surface area contributed by atoms with Crippen LogP contribution in [0.2, 0.25) is 5.02 Å². The summed E-state index contributed by atoms with van der Waals surface area (Å²) < 4.78 is 4.50. The highest BCUT2D eigenvalue weighted by molar-refractivity contribution is 7.17. The minimum absolute atomic E-state index is 0.109. The fourth-order valence-corrected chi connectivity index (χ4v) is 5.61. The Hall–Kier alpha value is -2.84. The predicted molar refractivity (Wildman–Crippen MR) is 134 cm³/mol. The highest BCUT2D eigenvalue weighted by Crippen LogP contribution is 2.26. The summed E-state index contributed by atoms with van der Waals surface area (Å²) in [5, 5.41) is 7.25. The molecule has 1 aliphatic rings. The van der Waals surface area contributed by atoms with Gasteiger partial charge in [-0.05, 0) is 55.5 Å². The smallest absolute Gasteiger partial charge is 0.291 e. The van der Waals surface area contributed by atoms with Crippen molar-refractivity contribution >= 4 is 50.3 Å². The molecule has 5 rings (SSSR count). The standard InChI is InChI=1S/C24H26ClN5O2S/c1-16-5-6-18(25)14-20(16)27-9-11-28(12-10-27)23(31)4-3-8-29-24(32)21-15-22-19(7-13-33-22)30(21)17(2)26-29/h5-7,13-15H,3-4,8-12H2,1-2H3. The Morgan fingerprint density at radius 1 is 1.09 bits per heavy atom. The fourth-order valence-electron chi connectivity index (χ4n) is 4.64. The third-order valence-electron chi connectivity index (χ3n) is 6.37. The Morgan fingerprint density at radius 2 is 1.88 bits per heavy atom. The minimum Gasteiger partial charge on any atom is -0.368 e. The van der Waals surface area contributed by atoms with Crippen molar-refractivity contribution in [1.29, 1.82) is 0 Å². The molecule has 172 valence electrons. The topological polar surface area (TPSA) is 62.9 Å². The SMILES string of the molecule is Cc1ccc(Cl)cc1N1CCN(C(=O)CCCn2nc(C)n3c(cc4sccc43)c2=O)CC1. The van der Waals surface area contributed by atoms with Crippen LogP contribution in [0.1, 0.15) is 24.2 Å². The van der Waals surface area contributed by atoms with Gasteiger partial charge in [-0.25, -0.2) is 4.68 Å². The lowest BCUT2D eigenvalue weighted by atomic mass is 10.1. The molecule has 0 spiro atoms. The van der Waals surface area contributed by atoms with Crippen LogP contribution in [0.25, 0.3) is 15.7 Å². The van der Waals surface area contributed by atoms with Crippen LogP contribution in [0.4, 0.5) is 5.69 Å². The van der Waals surface area contributed by atoms with Gasteiger partial charge >= 0.3 is 0 Å². The number of aromatic nitrogens is 3. The van der Waals surface area contributed by atoms with Gasteiger partial charge in [0.05, 0.1) is 10.2 Å². The van der Waals surface area contributed by atoms with Crippen LogP contribution in [0.15, 0.2) is 40.5 Å². The predicted octanol–water partition coefficient (Wildman–Crippen LogP) is 4.11. The Bertz CT molecular complexity index is 1400. The van der Waals surface area contributed by atoms with Crippen LogP contribution in [-0.4, -0.2) is 51.2 Å². The van der Waals surface area contributed by atoms with E-state index in [1.165, 1.54) is 10.2 Å². The van der Waals surface area contributed by atoms with Crippen molar-refractivity contribution in [2.24, 2.45) is 0 Å². The van der Waals surface area contributed by atoms with E-state index in [1.807, 2.05) is 51.9 Å². The number of anilines is 1. The number of hydrogen-bond donors (Lipinski definition) is 0. The molecular weight excluding hydrogens is 458 g/mol. The van der Waals surface area contributed by atoms with Gasteiger partial charge in [0.1, 0.15) is 11.3 Å². The number of hydrogen-bond acceptors (Lipinski definition) is 5. The van der Waals surface area contributed by atoms with Crippen molar-refractivity contribution in [2.45, 2.75) is 33.2 Å². The number of benzene rings is 1. The summed E-state index contributed by atoms with van der Waals surface area (Å²) in [5.41, 5.74) is 3.87. The normalized spacial score (nSPS) is 14.5. The first kappa shape index (κ1) is 22.0. The molecule has 33 heavy (non-hydrogen) atoms. The number of fused-ring (bicyclic) bond motifs is 3. The van der Waals surface area contributed by atoms with Gasteiger partial charge in [0.25, 0.3) is 5.56 Å². The van der Waals surface area contributed by atoms with Crippen molar-refractivity contribution in [3.63, 3.8) is 0 Å². The van der Waals surface area contributed by atoms with E-state index in [0.717, 1.165) is 39.8 Å². The lowest BCUT2D eigenvalue weighted by molar-refractivity contribution is -0.131. The number of nitrogens with zero attached hydrogens (tertiary/aromatic N) is 5. The third-order valence-corrected chi connectivity index (χ3v) is 7.46. The zero-order chi connectivity index (χ0) is 23.1. The van der Waals surface area contributed by atoms with Gasteiger partial charge in [0.15, 0.2) is 0 Å². The number of carbonyl (C=O) groups is 1. The molecule has 9 heteroatoms. The van der Waals surface area contributed by atoms with Crippen molar-refractivity contribution in [3.8, 4) is 0 Å². The number of piperazine rings is 1. The van der Waals surface area contributed by atoms with Crippen molar-refractivity contribution in [1.82, 2.24) is 19.1 Å². The third kappa shape index (κ3) is 4.13. The van der Waals surface area contributed by atoms with Crippen LogP contribution in [0.5, 0.6) is 0 Å². The van der Waals surface area contributed by atoms with Gasteiger partial charge in [0.2, 0.25) is 5.91 Å². The molecule has 1 aliphatic heterocycles. The highest BCUT2D eigenvalue weighted by Gasteiger charge is 2.22. The van der Waals surface area contributed by atoms with Crippen molar-refractivity contribution < 1.29 is 4.79 Å². The number of amides is 1. The molecule has 0 radical (unpaired) electrons. The Labute approximate surface area is 200 Å². The summed E-state index contributed by atoms with van der Waals surface area (Å²) in [6.07, 6.45) is 0.995. The molecule has 3 aromatic heterocycles. The van der Waals surface area contributed by atoms with Gasteiger partial charge < -0.3 is 9.80 Å². The maximum Gasteiger partial charge on any atom is 0.291 e. The van der Waals surface area contributed by atoms with E-state index < -0.39 is 0 Å². The number of thiophene rings is 1. The Balaban J connectivity index is 1.19. The van der Waals surface area contributed by atoms with E-state index in [2.05, 4.69) is 16.9 Å². The van der Waals surface area contributed by atoms with Gasteiger partial charge in [-0.2, -0.15) is 5.10 Å². The summed E-state index contributed by atoms with van der Waals surface area (Å²) >= 11 is 7.79. The maximum atomic E-state index is 12.9. The Kier molecular flexibility index (Phi) is 5.88. The summed E-state index contributed by atoms with van der Waals surface area (Å²) in [6.45, 7) is 7.37. The molecule has 0 unspecified atom stereocenters. The van der Waals surface area contributed by atoms with Crippen LogP contribution in [0.3, 0.4) is 0 Å². The van der Waals surface area contributed by atoms with E-state index in [9.17, 15) is 9.59 Å². The van der Waals surface area contributed by atoms with E-state index >= 15 is 0 Å². The van der Waals surface area contributed by atoms with Crippen molar-refractivity contribution in [3.05, 3.63) is 62.5 Å². The first-order valence-corrected chi connectivity index (χ1v) is 12.4. The maximum absolute atomic E-state index is 12.9. The molecule has 1 amide bonds. The molecule has 0 atom stereocenters. The molecule has 7 nitrogen and oxygen atoms in total. The molecule has 1 fully saturated rings. The average Bonchev–Trinajstić information content (AvgIpc) is 3.40. The van der Waals surface area contributed by atoms with E-state index in [4.69, 9.17) is 11.6 Å². The van der Waals surface area contributed by atoms with E-state index in [1.54, 1.807) is 11.3 Å². The Morgan fingerprint density at radius 3 is 2.67 bits per heavy atom. The monoisotopic (exact) mass is 483 g/mol. The second-order valence-corrected chi connectivity index (χ2v) is 9.90. The minimum atomic E-state index is -0.109. The molecule has 0 N–H and O–H groups in total. The van der Waals surface area contributed by atoms with E-state index in [0.29, 0.717) is 38.0 Å². The number of aryl methyl sites for hydroxylation is 3. The zero-order valence-electron chi connectivity index (χ0n) is 18.8.